The molecule has 0 aliphatic heterocycles. The maximum Gasteiger partial charge on any atom is 0.326 e. The van der Waals surface area contributed by atoms with E-state index in [1.165, 1.54) is 0 Å². The number of carboxylic acid groups (broad SMARTS) is 1. The van der Waals surface area contributed by atoms with E-state index in [1.807, 2.05) is 6.92 Å². The minimum atomic E-state index is -1.44. The minimum Gasteiger partial charge on any atom is -0.480 e. The van der Waals surface area contributed by atoms with Gasteiger partial charge in [-0.25, -0.2) is 0 Å². The second kappa shape index (κ2) is 5.11. The Balaban J connectivity index is 3.88. The Morgan fingerprint density at radius 1 is 1.50 bits per heavy atom. The van der Waals surface area contributed by atoms with Crippen LogP contribution >= 0.6 is 0 Å². The molecule has 0 saturated heterocycles. The third kappa shape index (κ3) is 3.19. The zero-order valence-corrected chi connectivity index (χ0v) is 7.42. The van der Waals surface area contributed by atoms with Crippen LogP contribution in [0.15, 0.2) is 0 Å². The van der Waals surface area contributed by atoms with Crippen molar-refractivity contribution < 1.29 is 15.0 Å². The lowest BCUT2D eigenvalue weighted by Gasteiger charge is -2.21. The van der Waals surface area contributed by atoms with Crippen molar-refractivity contribution in [3.8, 4) is 0 Å². The average Bonchev–Trinajstić information content (AvgIpc) is 2.04. The molecule has 72 valence electrons. The van der Waals surface area contributed by atoms with Crippen molar-refractivity contribution in [1.82, 2.24) is 0 Å². The van der Waals surface area contributed by atoms with Gasteiger partial charge in [-0.2, -0.15) is 0 Å². The number of carboxylic acids is 1. The zero-order valence-electron chi connectivity index (χ0n) is 7.42. The molecule has 0 aliphatic rings. The number of rotatable bonds is 6. The highest BCUT2D eigenvalue weighted by molar-refractivity contribution is 5.78. The fourth-order valence-electron chi connectivity index (χ4n) is 0.944. The Morgan fingerprint density at radius 2 is 2.08 bits per heavy atom. The van der Waals surface area contributed by atoms with E-state index in [4.69, 9.17) is 15.9 Å². The van der Waals surface area contributed by atoms with Crippen LogP contribution in [0, 0.1) is 0 Å². The van der Waals surface area contributed by atoms with Gasteiger partial charge in [-0.3, -0.25) is 4.79 Å². The molecule has 4 nitrogen and oxygen atoms in total. The van der Waals surface area contributed by atoms with E-state index in [9.17, 15) is 4.79 Å². The SMILES string of the molecule is CCCCCC(N)(CO)C(=O)O. The Labute approximate surface area is 72.4 Å². The average molecular weight is 175 g/mol. The summed E-state index contributed by atoms with van der Waals surface area (Å²) in [6.45, 7) is 1.53. The second-order valence-corrected chi connectivity index (χ2v) is 3.08. The Bertz CT molecular complexity index is 149. The van der Waals surface area contributed by atoms with Crippen LogP contribution in [0.2, 0.25) is 0 Å². The molecule has 0 amide bonds. The molecule has 1 unspecified atom stereocenters. The Kier molecular flexibility index (Phi) is 4.85. The highest BCUT2D eigenvalue weighted by Gasteiger charge is 2.32. The van der Waals surface area contributed by atoms with Crippen LogP contribution in [0.5, 0.6) is 0 Å². The van der Waals surface area contributed by atoms with Crippen molar-refractivity contribution in [2.45, 2.75) is 38.1 Å². The maximum atomic E-state index is 10.6. The first-order valence-electron chi connectivity index (χ1n) is 4.20. The van der Waals surface area contributed by atoms with Crippen molar-refractivity contribution in [3.63, 3.8) is 0 Å². The van der Waals surface area contributed by atoms with Crippen LogP contribution in [-0.2, 0) is 4.79 Å². The predicted octanol–water partition coefficient (Wildman–Crippen LogP) is 0.341. The van der Waals surface area contributed by atoms with Crippen molar-refractivity contribution in [2.24, 2.45) is 5.73 Å². The number of nitrogens with two attached hydrogens (primary N) is 1. The van der Waals surface area contributed by atoms with Gasteiger partial charge >= 0.3 is 5.97 Å². The summed E-state index contributed by atoms with van der Waals surface area (Å²) in [5, 5.41) is 17.4. The first-order chi connectivity index (χ1) is 5.56. The van der Waals surface area contributed by atoms with Gasteiger partial charge in [0.1, 0.15) is 5.54 Å². The van der Waals surface area contributed by atoms with Crippen molar-refractivity contribution in [3.05, 3.63) is 0 Å². The smallest absolute Gasteiger partial charge is 0.326 e. The molecule has 0 spiro atoms. The van der Waals surface area contributed by atoms with Gasteiger partial charge in [0.15, 0.2) is 0 Å². The molecule has 0 fully saturated rings. The molecule has 0 saturated carbocycles. The number of aliphatic hydroxyl groups excluding tert-OH is 1. The van der Waals surface area contributed by atoms with Gasteiger partial charge in [-0.15, -0.1) is 0 Å². The Hall–Kier alpha value is -0.610. The monoisotopic (exact) mass is 175 g/mol. The van der Waals surface area contributed by atoms with Crippen molar-refractivity contribution in [1.29, 1.82) is 0 Å². The number of aliphatic hydroxyl groups is 1. The van der Waals surface area contributed by atoms with Crippen LogP contribution in [0.3, 0.4) is 0 Å². The molecule has 0 radical (unpaired) electrons. The number of hydrogen-bond donors (Lipinski definition) is 3. The van der Waals surface area contributed by atoms with Gasteiger partial charge in [-0.05, 0) is 6.42 Å². The molecule has 4 heteroatoms. The third-order valence-corrected chi connectivity index (χ3v) is 1.93. The van der Waals surface area contributed by atoms with Crippen LogP contribution in [-0.4, -0.2) is 28.3 Å². The van der Waals surface area contributed by atoms with Gasteiger partial charge in [0.05, 0.1) is 6.61 Å². The molecular formula is C8H17NO3. The first kappa shape index (κ1) is 11.4. The second-order valence-electron chi connectivity index (χ2n) is 3.08. The topological polar surface area (TPSA) is 83.5 Å². The van der Waals surface area contributed by atoms with E-state index in [2.05, 4.69) is 0 Å². The molecule has 0 bridgehead atoms. The number of aliphatic carboxylic acids is 1. The molecular weight excluding hydrogens is 158 g/mol. The number of hydrogen-bond acceptors (Lipinski definition) is 3. The summed E-state index contributed by atoms with van der Waals surface area (Å²) in [6, 6.07) is 0. The van der Waals surface area contributed by atoms with E-state index < -0.39 is 18.1 Å². The Morgan fingerprint density at radius 3 is 2.42 bits per heavy atom. The van der Waals surface area contributed by atoms with Crippen molar-refractivity contribution in [2.75, 3.05) is 6.61 Å². The molecule has 4 N–H and O–H groups in total. The highest BCUT2D eigenvalue weighted by atomic mass is 16.4. The fourth-order valence-corrected chi connectivity index (χ4v) is 0.944. The quantitative estimate of drug-likeness (QED) is 0.508. The number of unbranched alkanes of at least 4 members (excludes halogenated alkanes) is 2. The summed E-state index contributed by atoms with van der Waals surface area (Å²) in [4.78, 5) is 10.6. The van der Waals surface area contributed by atoms with E-state index in [-0.39, 0.29) is 0 Å². The van der Waals surface area contributed by atoms with E-state index in [1.54, 1.807) is 0 Å². The van der Waals surface area contributed by atoms with Crippen LogP contribution in [0.1, 0.15) is 32.6 Å². The normalized spacial score (nSPS) is 15.6. The predicted molar refractivity (Wildman–Crippen MR) is 45.8 cm³/mol. The molecule has 1 atom stereocenters. The third-order valence-electron chi connectivity index (χ3n) is 1.93. The number of carbonyl (C=O) groups is 1. The summed E-state index contributed by atoms with van der Waals surface area (Å²) in [6.07, 6.45) is 3.06. The van der Waals surface area contributed by atoms with Crippen LogP contribution in [0.25, 0.3) is 0 Å². The van der Waals surface area contributed by atoms with Gasteiger partial charge in [-0.1, -0.05) is 26.2 Å². The summed E-state index contributed by atoms with van der Waals surface area (Å²) in [5.74, 6) is -1.12. The fraction of sp³-hybridized carbons (Fsp3) is 0.875. The molecule has 12 heavy (non-hydrogen) atoms. The van der Waals surface area contributed by atoms with Gasteiger partial charge in [0.2, 0.25) is 0 Å². The van der Waals surface area contributed by atoms with Gasteiger partial charge in [0.25, 0.3) is 0 Å². The first-order valence-corrected chi connectivity index (χ1v) is 4.20. The summed E-state index contributed by atoms with van der Waals surface area (Å²) in [7, 11) is 0. The lowest BCUT2D eigenvalue weighted by Crippen LogP contribution is -2.51. The summed E-state index contributed by atoms with van der Waals surface area (Å²) < 4.78 is 0. The lowest BCUT2D eigenvalue weighted by molar-refractivity contribution is -0.145. The van der Waals surface area contributed by atoms with Gasteiger partial charge < -0.3 is 15.9 Å². The maximum absolute atomic E-state index is 10.6. The van der Waals surface area contributed by atoms with Crippen molar-refractivity contribution >= 4 is 5.97 Å². The van der Waals surface area contributed by atoms with Crippen LogP contribution < -0.4 is 5.73 Å². The standard InChI is InChI=1S/C8H17NO3/c1-2-3-4-5-8(9,6-10)7(11)12/h10H,2-6,9H2,1H3,(H,11,12). The van der Waals surface area contributed by atoms with Gasteiger partial charge in [0, 0.05) is 0 Å². The van der Waals surface area contributed by atoms with Crippen LogP contribution in [0.4, 0.5) is 0 Å². The van der Waals surface area contributed by atoms with E-state index in [0.717, 1.165) is 19.3 Å². The lowest BCUT2D eigenvalue weighted by atomic mass is 9.94. The molecule has 0 rings (SSSR count). The van der Waals surface area contributed by atoms with E-state index in [0.29, 0.717) is 6.42 Å². The highest BCUT2D eigenvalue weighted by Crippen LogP contribution is 2.11. The minimum absolute atomic E-state index is 0.340. The molecule has 0 heterocycles. The molecule has 0 aromatic carbocycles. The molecule has 0 aromatic heterocycles. The summed E-state index contributed by atoms with van der Waals surface area (Å²) >= 11 is 0. The zero-order chi connectivity index (χ0) is 9.61. The molecule has 0 aliphatic carbocycles. The largest absolute Gasteiger partial charge is 0.480 e. The molecule has 0 aromatic rings. The summed E-state index contributed by atoms with van der Waals surface area (Å²) in [5.41, 5.74) is 4.00. The van der Waals surface area contributed by atoms with E-state index >= 15 is 0 Å².